The first-order valence-corrected chi connectivity index (χ1v) is 5.91. The molecule has 0 aromatic carbocycles. The second-order valence-electron chi connectivity index (χ2n) is 5.20. The van der Waals surface area contributed by atoms with Crippen LogP contribution in [0.1, 0.15) is 46.5 Å². The lowest BCUT2D eigenvalue weighted by atomic mass is 9.70. The summed E-state index contributed by atoms with van der Waals surface area (Å²) in [6.45, 7) is 6.09. The molecule has 0 radical (unpaired) electrons. The van der Waals surface area contributed by atoms with E-state index in [2.05, 4.69) is 13.8 Å². The van der Waals surface area contributed by atoms with Gasteiger partial charge >= 0.3 is 6.18 Å². The molecule has 0 amide bonds. The Morgan fingerprint density at radius 2 is 1.80 bits per heavy atom. The maximum atomic E-state index is 12.7. The van der Waals surface area contributed by atoms with Crippen molar-refractivity contribution in [3.63, 3.8) is 0 Å². The molecule has 1 aliphatic carbocycles. The van der Waals surface area contributed by atoms with Gasteiger partial charge in [0.25, 0.3) is 0 Å². The second kappa shape index (κ2) is 4.75. The summed E-state index contributed by atoms with van der Waals surface area (Å²) in [6, 6.07) is 0. The van der Waals surface area contributed by atoms with E-state index in [-0.39, 0.29) is 11.8 Å². The van der Waals surface area contributed by atoms with Gasteiger partial charge in [-0.05, 0) is 37.0 Å². The van der Waals surface area contributed by atoms with Gasteiger partial charge in [-0.15, -0.1) is 0 Å². The van der Waals surface area contributed by atoms with Gasteiger partial charge < -0.3 is 0 Å². The summed E-state index contributed by atoms with van der Waals surface area (Å²) in [7, 11) is 0. The zero-order chi connectivity index (χ0) is 11.6. The maximum Gasteiger partial charge on any atom is 0.391 e. The van der Waals surface area contributed by atoms with Gasteiger partial charge in [0.05, 0.1) is 5.92 Å². The summed E-state index contributed by atoms with van der Waals surface area (Å²) < 4.78 is 38.0. The Hall–Kier alpha value is -0.210. The second-order valence-corrected chi connectivity index (χ2v) is 5.20. The molecule has 15 heavy (non-hydrogen) atoms. The van der Waals surface area contributed by atoms with Gasteiger partial charge in [-0.3, -0.25) is 0 Å². The third kappa shape index (κ3) is 3.39. The highest BCUT2D eigenvalue weighted by molar-refractivity contribution is 4.83. The van der Waals surface area contributed by atoms with Gasteiger partial charge in [0.2, 0.25) is 0 Å². The lowest BCUT2D eigenvalue weighted by Gasteiger charge is -2.37. The van der Waals surface area contributed by atoms with Crippen LogP contribution in [0.25, 0.3) is 0 Å². The molecule has 0 nitrogen and oxygen atoms in total. The molecular formula is C12H21F3. The van der Waals surface area contributed by atoms with Crippen molar-refractivity contribution in [1.82, 2.24) is 0 Å². The number of alkyl halides is 3. The van der Waals surface area contributed by atoms with Crippen molar-refractivity contribution in [2.75, 3.05) is 0 Å². The van der Waals surface area contributed by atoms with Crippen LogP contribution in [0.3, 0.4) is 0 Å². The van der Waals surface area contributed by atoms with Crippen molar-refractivity contribution in [2.24, 2.45) is 23.7 Å². The van der Waals surface area contributed by atoms with Crippen molar-refractivity contribution < 1.29 is 13.2 Å². The van der Waals surface area contributed by atoms with E-state index in [1.165, 1.54) is 0 Å². The van der Waals surface area contributed by atoms with E-state index in [9.17, 15) is 13.2 Å². The van der Waals surface area contributed by atoms with E-state index in [0.29, 0.717) is 18.8 Å². The first-order valence-electron chi connectivity index (χ1n) is 5.91. The number of hydrogen-bond acceptors (Lipinski definition) is 0. The molecular weight excluding hydrogens is 201 g/mol. The standard InChI is InChI=1S/C12H21F3/c1-4-9(3)10-5-8(2)6-11(7-10)12(13,14)15/h8-11H,4-7H2,1-3H3. The Balaban J connectivity index is 2.64. The summed E-state index contributed by atoms with van der Waals surface area (Å²) in [4.78, 5) is 0. The lowest BCUT2D eigenvalue weighted by molar-refractivity contribution is -0.191. The Morgan fingerprint density at radius 1 is 1.20 bits per heavy atom. The van der Waals surface area contributed by atoms with Crippen LogP contribution in [0.5, 0.6) is 0 Å². The molecule has 4 atom stereocenters. The molecule has 3 heteroatoms. The summed E-state index contributed by atoms with van der Waals surface area (Å²) in [5, 5.41) is 0. The molecule has 90 valence electrons. The smallest absolute Gasteiger partial charge is 0.171 e. The lowest BCUT2D eigenvalue weighted by Crippen LogP contribution is -2.34. The van der Waals surface area contributed by atoms with Crippen LogP contribution >= 0.6 is 0 Å². The largest absolute Gasteiger partial charge is 0.391 e. The van der Waals surface area contributed by atoms with Crippen LogP contribution in [0.2, 0.25) is 0 Å². The van der Waals surface area contributed by atoms with Crippen molar-refractivity contribution in [2.45, 2.75) is 52.6 Å². The molecule has 1 saturated carbocycles. The van der Waals surface area contributed by atoms with E-state index in [1.54, 1.807) is 0 Å². The number of rotatable bonds is 2. The summed E-state index contributed by atoms with van der Waals surface area (Å²) in [5.74, 6) is -0.132. The quantitative estimate of drug-likeness (QED) is 0.638. The van der Waals surface area contributed by atoms with Gasteiger partial charge in [-0.25, -0.2) is 0 Å². The predicted octanol–water partition coefficient (Wildman–Crippen LogP) is 4.65. The minimum Gasteiger partial charge on any atom is -0.171 e. The van der Waals surface area contributed by atoms with E-state index >= 15 is 0 Å². The zero-order valence-corrected chi connectivity index (χ0v) is 9.77. The van der Waals surface area contributed by atoms with Gasteiger partial charge in [0, 0.05) is 0 Å². The van der Waals surface area contributed by atoms with Gasteiger partial charge in [-0.2, -0.15) is 13.2 Å². The molecule has 0 aromatic heterocycles. The first kappa shape index (κ1) is 12.9. The van der Waals surface area contributed by atoms with E-state index in [0.717, 1.165) is 12.8 Å². The fraction of sp³-hybridized carbons (Fsp3) is 1.00. The average molecular weight is 222 g/mol. The monoisotopic (exact) mass is 222 g/mol. The van der Waals surface area contributed by atoms with E-state index in [4.69, 9.17) is 0 Å². The number of halogens is 3. The predicted molar refractivity (Wildman–Crippen MR) is 55.5 cm³/mol. The van der Waals surface area contributed by atoms with Gasteiger partial charge in [0.15, 0.2) is 0 Å². The molecule has 1 aliphatic rings. The highest BCUT2D eigenvalue weighted by Gasteiger charge is 2.44. The molecule has 1 rings (SSSR count). The fourth-order valence-electron chi connectivity index (χ4n) is 2.72. The normalized spacial score (nSPS) is 35.2. The number of hydrogen-bond donors (Lipinski definition) is 0. The molecule has 4 unspecified atom stereocenters. The van der Waals surface area contributed by atoms with Crippen molar-refractivity contribution >= 4 is 0 Å². The van der Waals surface area contributed by atoms with Crippen LogP contribution in [-0.4, -0.2) is 6.18 Å². The zero-order valence-electron chi connectivity index (χ0n) is 9.77. The molecule has 0 bridgehead atoms. The Morgan fingerprint density at radius 3 is 2.27 bits per heavy atom. The van der Waals surface area contributed by atoms with E-state index < -0.39 is 12.1 Å². The minimum absolute atomic E-state index is 0.226. The third-order valence-electron chi connectivity index (χ3n) is 3.89. The molecule has 0 N–H and O–H groups in total. The van der Waals surface area contributed by atoms with Crippen LogP contribution in [0, 0.1) is 23.7 Å². The Kier molecular flexibility index (Phi) is 4.07. The van der Waals surface area contributed by atoms with Gasteiger partial charge in [-0.1, -0.05) is 27.2 Å². The average Bonchev–Trinajstić information content (AvgIpc) is 2.14. The summed E-state index contributed by atoms with van der Waals surface area (Å²) >= 11 is 0. The fourth-order valence-corrected chi connectivity index (χ4v) is 2.72. The van der Waals surface area contributed by atoms with Crippen molar-refractivity contribution in [3.8, 4) is 0 Å². The van der Waals surface area contributed by atoms with Crippen LogP contribution in [0.4, 0.5) is 13.2 Å². The Bertz CT molecular complexity index is 198. The molecule has 1 fully saturated rings. The van der Waals surface area contributed by atoms with Crippen LogP contribution in [0.15, 0.2) is 0 Å². The third-order valence-corrected chi connectivity index (χ3v) is 3.89. The first-order chi connectivity index (χ1) is 6.84. The highest BCUT2D eigenvalue weighted by atomic mass is 19.4. The van der Waals surface area contributed by atoms with Crippen molar-refractivity contribution in [1.29, 1.82) is 0 Å². The topological polar surface area (TPSA) is 0 Å². The molecule has 0 spiro atoms. The Labute approximate surface area is 90.2 Å². The van der Waals surface area contributed by atoms with Crippen LogP contribution in [-0.2, 0) is 0 Å². The minimum atomic E-state index is -3.99. The SMILES string of the molecule is CCC(C)C1CC(C)CC(C(F)(F)F)C1. The van der Waals surface area contributed by atoms with Crippen LogP contribution < -0.4 is 0 Å². The maximum absolute atomic E-state index is 12.7. The summed E-state index contributed by atoms with van der Waals surface area (Å²) in [5.41, 5.74) is 0. The highest BCUT2D eigenvalue weighted by Crippen LogP contribution is 2.44. The molecule has 0 aromatic rings. The molecule has 0 heterocycles. The molecule has 0 saturated heterocycles. The summed E-state index contributed by atoms with van der Waals surface area (Å²) in [6.07, 6.45) is -1.34. The van der Waals surface area contributed by atoms with E-state index in [1.807, 2.05) is 6.92 Å². The van der Waals surface area contributed by atoms with Crippen molar-refractivity contribution in [3.05, 3.63) is 0 Å². The van der Waals surface area contributed by atoms with Gasteiger partial charge in [0.1, 0.15) is 0 Å². The molecule has 0 aliphatic heterocycles.